The lowest BCUT2D eigenvalue weighted by atomic mass is 10.00. The van der Waals surface area contributed by atoms with E-state index in [4.69, 9.17) is 32.7 Å². The van der Waals surface area contributed by atoms with Gasteiger partial charge in [-0.05, 0) is 30.3 Å². The molecule has 0 radical (unpaired) electrons. The summed E-state index contributed by atoms with van der Waals surface area (Å²) in [5.74, 6) is -1.49. The van der Waals surface area contributed by atoms with Gasteiger partial charge in [0.1, 0.15) is 23.6 Å². The number of nitrogens with zero attached hydrogens (tertiary/aromatic N) is 2. The molecule has 0 aliphatic heterocycles. The van der Waals surface area contributed by atoms with Crippen molar-refractivity contribution in [3.05, 3.63) is 52.3 Å². The summed E-state index contributed by atoms with van der Waals surface area (Å²) < 4.78 is 24.6. The van der Waals surface area contributed by atoms with Crippen molar-refractivity contribution in [3.63, 3.8) is 0 Å². The van der Waals surface area contributed by atoms with Crippen LogP contribution >= 0.6 is 23.2 Å². The average Bonchev–Trinajstić information content (AvgIpc) is 2.64. The van der Waals surface area contributed by atoms with Gasteiger partial charge in [0.05, 0.1) is 5.02 Å². The van der Waals surface area contributed by atoms with Crippen LogP contribution < -0.4 is 9.47 Å². The highest BCUT2D eigenvalue weighted by Gasteiger charge is 2.41. The van der Waals surface area contributed by atoms with Crippen LogP contribution in [0.5, 0.6) is 17.2 Å². The van der Waals surface area contributed by atoms with Gasteiger partial charge in [-0.3, -0.25) is 4.79 Å². The Morgan fingerprint density at radius 1 is 1.15 bits per heavy atom. The maximum atomic E-state index is 13.9. The number of carbonyl (C=O) groups is 1. The van der Waals surface area contributed by atoms with E-state index >= 15 is 0 Å². The van der Waals surface area contributed by atoms with Gasteiger partial charge in [0.25, 0.3) is 0 Å². The van der Waals surface area contributed by atoms with Gasteiger partial charge in [0.2, 0.25) is 5.78 Å². The molecule has 0 aliphatic rings. The molecule has 26 heavy (non-hydrogen) atoms. The summed E-state index contributed by atoms with van der Waals surface area (Å²) in [6.45, 7) is 1.50. The Labute approximate surface area is 159 Å². The Morgan fingerprint density at radius 3 is 2.42 bits per heavy atom. The van der Waals surface area contributed by atoms with E-state index in [0.29, 0.717) is 0 Å². The fourth-order valence-electron chi connectivity index (χ4n) is 1.98. The molecule has 0 fully saturated rings. The van der Waals surface area contributed by atoms with E-state index in [0.717, 1.165) is 6.07 Å². The zero-order valence-electron chi connectivity index (χ0n) is 13.4. The minimum absolute atomic E-state index is 0.0488. The quantitative estimate of drug-likeness (QED) is 0.684. The lowest BCUT2D eigenvalue weighted by Gasteiger charge is -2.20. The van der Waals surface area contributed by atoms with Gasteiger partial charge in [0, 0.05) is 17.5 Å². The third-order valence-electron chi connectivity index (χ3n) is 3.32. The summed E-state index contributed by atoms with van der Waals surface area (Å²) in [7, 11) is 0. The first-order valence-corrected chi connectivity index (χ1v) is 8.08. The molecule has 0 aromatic heterocycles. The van der Waals surface area contributed by atoms with Crippen molar-refractivity contribution in [1.29, 1.82) is 10.5 Å². The van der Waals surface area contributed by atoms with Crippen LogP contribution in [0.25, 0.3) is 0 Å². The van der Waals surface area contributed by atoms with Gasteiger partial charge in [-0.25, -0.2) is 4.39 Å². The molecule has 132 valence electrons. The molecule has 0 heterocycles. The van der Waals surface area contributed by atoms with Crippen LogP contribution in [0.4, 0.5) is 4.39 Å². The van der Waals surface area contributed by atoms with E-state index < -0.39 is 17.2 Å². The Bertz CT molecular complexity index is 921. The molecule has 0 saturated heterocycles. The van der Waals surface area contributed by atoms with Crippen molar-refractivity contribution in [2.75, 3.05) is 0 Å². The average molecular weight is 393 g/mol. The summed E-state index contributed by atoms with van der Waals surface area (Å²) >= 11 is 11.7. The largest absolute Gasteiger partial charge is 0.454 e. The second-order valence-corrected chi connectivity index (χ2v) is 5.90. The molecule has 0 bridgehead atoms. The van der Waals surface area contributed by atoms with E-state index in [9.17, 15) is 19.7 Å². The number of benzene rings is 2. The maximum absolute atomic E-state index is 13.9. The summed E-state index contributed by atoms with van der Waals surface area (Å²) in [6.07, 6.45) is -0.0785. The Balaban J connectivity index is 2.37. The van der Waals surface area contributed by atoms with Crippen molar-refractivity contribution in [2.45, 2.75) is 18.9 Å². The number of hydrogen-bond acceptors (Lipinski definition) is 5. The van der Waals surface area contributed by atoms with Gasteiger partial charge in [-0.2, -0.15) is 10.5 Å². The molecule has 0 unspecified atom stereocenters. The van der Waals surface area contributed by atoms with Crippen LogP contribution in [0, 0.1) is 28.5 Å². The number of ketones is 1. The summed E-state index contributed by atoms with van der Waals surface area (Å²) in [5, 5.41) is 18.7. The molecule has 8 heteroatoms. The van der Waals surface area contributed by atoms with Gasteiger partial charge in [0.15, 0.2) is 11.6 Å². The molecule has 2 aromatic carbocycles. The number of Topliss-reactive ketones (excluding diaryl/α,β-unsaturated/α-hetero) is 1. The second-order valence-electron chi connectivity index (χ2n) is 5.05. The van der Waals surface area contributed by atoms with Crippen LogP contribution in [-0.4, -0.2) is 11.4 Å². The molecule has 0 spiro atoms. The van der Waals surface area contributed by atoms with Crippen LogP contribution in [0.2, 0.25) is 10.0 Å². The highest BCUT2D eigenvalue weighted by molar-refractivity contribution is 6.32. The van der Waals surface area contributed by atoms with Crippen molar-refractivity contribution >= 4 is 29.0 Å². The van der Waals surface area contributed by atoms with Crippen LogP contribution in [0.1, 0.15) is 13.3 Å². The van der Waals surface area contributed by atoms with E-state index in [1.165, 1.54) is 37.3 Å². The molecule has 2 rings (SSSR count). The van der Waals surface area contributed by atoms with Crippen molar-refractivity contribution in [2.24, 2.45) is 0 Å². The minimum atomic E-state index is -2.33. The van der Waals surface area contributed by atoms with Gasteiger partial charge >= 0.3 is 5.60 Å². The lowest BCUT2D eigenvalue weighted by Crippen LogP contribution is -2.41. The second kappa shape index (κ2) is 8.05. The predicted molar refractivity (Wildman–Crippen MR) is 92.8 cm³/mol. The number of nitriles is 2. The first kappa shape index (κ1) is 19.5. The molecule has 5 nitrogen and oxygen atoms in total. The van der Waals surface area contributed by atoms with Gasteiger partial charge in [-0.15, -0.1) is 0 Å². The smallest absolute Gasteiger partial charge is 0.338 e. The number of hydrogen-bond donors (Lipinski definition) is 0. The molecule has 0 N–H and O–H groups in total. The number of rotatable bonds is 6. The van der Waals surface area contributed by atoms with Crippen molar-refractivity contribution in [1.82, 2.24) is 0 Å². The fourth-order valence-corrected chi connectivity index (χ4v) is 2.29. The van der Waals surface area contributed by atoms with Gasteiger partial charge in [-0.1, -0.05) is 30.1 Å². The van der Waals surface area contributed by atoms with Crippen molar-refractivity contribution < 1.29 is 18.7 Å². The molecule has 0 atom stereocenters. The topological polar surface area (TPSA) is 83.1 Å². The molecular formula is C18H11Cl2FN2O3. The lowest BCUT2D eigenvalue weighted by molar-refractivity contribution is -0.126. The third-order valence-corrected chi connectivity index (χ3v) is 3.86. The van der Waals surface area contributed by atoms with Crippen LogP contribution in [0.3, 0.4) is 0 Å². The molecular weight excluding hydrogens is 382 g/mol. The molecule has 0 saturated carbocycles. The molecule has 2 aromatic rings. The first-order chi connectivity index (χ1) is 12.3. The zero-order valence-corrected chi connectivity index (χ0v) is 14.9. The fraction of sp³-hybridized carbons (Fsp3) is 0.167. The maximum Gasteiger partial charge on any atom is 0.338 e. The predicted octanol–water partition coefficient (Wildman–Crippen LogP) is 5.07. The summed E-state index contributed by atoms with van der Waals surface area (Å²) in [6, 6.07) is 11.1. The van der Waals surface area contributed by atoms with E-state index in [2.05, 4.69) is 0 Å². The zero-order chi connectivity index (χ0) is 19.3. The van der Waals surface area contributed by atoms with E-state index in [1.807, 2.05) is 0 Å². The normalized spacial score (nSPS) is 10.5. The Kier molecular flexibility index (Phi) is 6.05. The molecule has 0 amide bonds. The van der Waals surface area contributed by atoms with Crippen LogP contribution in [0.15, 0.2) is 36.4 Å². The van der Waals surface area contributed by atoms with Crippen LogP contribution in [-0.2, 0) is 4.79 Å². The minimum Gasteiger partial charge on any atom is -0.454 e. The van der Waals surface area contributed by atoms with E-state index in [1.54, 1.807) is 12.1 Å². The van der Waals surface area contributed by atoms with Crippen molar-refractivity contribution in [3.8, 4) is 29.4 Å². The summed E-state index contributed by atoms with van der Waals surface area (Å²) in [4.78, 5) is 12.0. The first-order valence-electron chi connectivity index (χ1n) is 7.32. The van der Waals surface area contributed by atoms with Gasteiger partial charge < -0.3 is 9.47 Å². The number of ether oxygens (including phenoxy) is 2. The third kappa shape index (κ3) is 4.05. The Hall–Kier alpha value is -2.80. The highest BCUT2D eigenvalue weighted by Crippen LogP contribution is 2.35. The number of carbonyl (C=O) groups excluding carboxylic acids is 1. The number of halogens is 3. The SMILES string of the molecule is CCC(=O)C(C#N)(C#N)Oc1cc(Oc2ccc(Cl)cc2F)ccc1Cl. The summed E-state index contributed by atoms with van der Waals surface area (Å²) in [5.41, 5.74) is -2.33. The highest BCUT2D eigenvalue weighted by atomic mass is 35.5. The molecule has 0 aliphatic carbocycles. The van der Waals surface area contributed by atoms with E-state index in [-0.39, 0.29) is 33.7 Å². The Morgan fingerprint density at radius 2 is 1.85 bits per heavy atom. The standard InChI is InChI=1S/C18H11Cl2FN2O3/c1-2-17(24)18(9-22,10-23)26-16-8-12(4-5-13(16)20)25-15-6-3-11(19)7-14(15)21/h3-8H,2H2,1H3. The monoisotopic (exact) mass is 392 g/mol.